The molecule has 6 nitrogen and oxygen atoms in total. The van der Waals surface area contributed by atoms with Crippen LogP contribution in [0.25, 0.3) is 11.3 Å². The van der Waals surface area contributed by atoms with Crippen LogP contribution in [0, 0.1) is 21.7 Å². The van der Waals surface area contributed by atoms with Gasteiger partial charge in [0, 0.05) is 30.2 Å². The van der Waals surface area contributed by atoms with Crippen LogP contribution in [0.5, 0.6) is 5.88 Å². The SMILES string of the molecule is CN(C)Cc1cc(Cc2c(F)cccc2F)cc(-c2cccc(OC(F)F)n2)c1[N+](=O)[O-]. The Balaban J connectivity index is 2.20. The molecule has 0 saturated carbocycles. The summed E-state index contributed by atoms with van der Waals surface area (Å²) in [4.78, 5) is 17.0. The molecule has 0 unspecified atom stereocenters. The second-order valence-electron chi connectivity index (χ2n) is 7.26. The number of ether oxygens (including phenoxy) is 1. The van der Waals surface area contributed by atoms with Crippen LogP contribution >= 0.6 is 0 Å². The molecule has 3 aromatic rings. The second-order valence-corrected chi connectivity index (χ2v) is 7.26. The molecule has 0 aliphatic carbocycles. The summed E-state index contributed by atoms with van der Waals surface area (Å²) in [7, 11) is 3.42. The number of alkyl halides is 2. The van der Waals surface area contributed by atoms with Gasteiger partial charge in [0.2, 0.25) is 5.88 Å². The Bertz CT molecular complexity index is 1120. The van der Waals surface area contributed by atoms with E-state index in [1.54, 1.807) is 19.0 Å². The highest BCUT2D eigenvalue weighted by Gasteiger charge is 2.25. The number of pyridine rings is 1. The summed E-state index contributed by atoms with van der Waals surface area (Å²) in [5, 5.41) is 11.9. The van der Waals surface area contributed by atoms with Crippen LogP contribution in [-0.2, 0) is 13.0 Å². The van der Waals surface area contributed by atoms with E-state index in [2.05, 4.69) is 9.72 Å². The highest BCUT2D eigenvalue weighted by atomic mass is 19.3. The van der Waals surface area contributed by atoms with Crippen molar-refractivity contribution in [2.75, 3.05) is 14.1 Å². The van der Waals surface area contributed by atoms with E-state index in [-0.39, 0.29) is 41.0 Å². The third-order valence-corrected chi connectivity index (χ3v) is 4.57. The largest absolute Gasteiger partial charge is 0.417 e. The standard InChI is InChI=1S/C22H19F4N3O3/c1-28(2)12-14-9-13(10-15-17(23)5-3-6-18(15)24)11-16(21(14)29(30)31)19-7-4-8-20(27-19)32-22(25)26/h3-9,11,22H,10,12H2,1-2H3. The van der Waals surface area contributed by atoms with Crippen LogP contribution in [0.15, 0.2) is 48.5 Å². The third-order valence-electron chi connectivity index (χ3n) is 4.57. The van der Waals surface area contributed by atoms with Crippen LogP contribution < -0.4 is 4.74 Å². The maximum absolute atomic E-state index is 14.2. The Morgan fingerprint density at radius 2 is 1.75 bits per heavy atom. The van der Waals surface area contributed by atoms with E-state index in [4.69, 9.17) is 0 Å². The van der Waals surface area contributed by atoms with E-state index >= 15 is 0 Å². The zero-order chi connectivity index (χ0) is 23.4. The highest BCUT2D eigenvalue weighted by molar-refractivity contribution is 5.74. The van der Waals surface area contributed by atoms with Gasteiger partial charge in [-0.15, -0.1) is 0 Å². The van der Waals surface area contributed by atoms with Crippen LogP contribution in [0.3, 0.4) is 0 Å². The maximum atomic E-state index is 14.2. The molecule has 32 heavy (non-hydrogen) atoms. The number of nitro groups is 1. The molecule has 0 aliphatic heterocycles. The molecular formula is C22H19F4N3O3. The first-order valence-electron chi connectivity index (χ1n) is 9.45. The van der Waals surface area contributed by atoms with Crippen molar-refractivity contribution in [2.45, 2.75) is 19.6 Å². The summed E-state index contributed by atoms with van der Waals surface area (Å²) in [6.45, 7) is -2.96. The monoisotopic (exact) mass is 449 g/mol. The average molecular weight is 449 g/mol. The molecule has 0 amide bonds. The average Bonchev–Trinajstić information content (AvgIpc) is 2.69. The molecule has 10 heteroatoms. The molecule has 0 fully saturated rings. The molecule has 0 N–H and O–H groups in total. The van der Waals surface area contributed by atoms with Gasteiger partial charge < -0.3 is 9.64 Å². The van der Waals surface area contributed by atoms with Gasteiger partial charge in [-0.05, 0) is 50.0 Å². The van der Waals surface area contributed by atoms with Gasteiger partial charge in [0.05, 0.1) is 16.2 Å². The first-order chi connectivity index (χ1) is 15.2. The van der Waals surface area contributed by atoms with Crippen LogP contribution in [0.2, 0.25) is 0 Å². The van der Waals surface area contributed by atoms with E-state index < -0.39 is 29.0 Å². The summed E-state index contributed by atoms with van der Waals surface area (Å²) in [6.07, 6.45) is -0.169. The number of halogens is 4. The molecule has 0 saturated heterocycles. The van der Waals surface area contributed by atoms with Crippen molar-refractivity contribution in [3.8, 4) is 17.1 Å². The Morgan fingerprint density at radius 3 is 2.34 bits per heavy atom. The topological polar surface area (TPSA) is 68.5 Å². The highest BCUT2D eigenvalue weighted by Crippen LogP contribution is 2.36. The molecule has 0 bridgehead atoms. The molecule has 0 radical (unpaired) electrons. The minimum Gasteiger partial charge on any atom is -0.417 e. The lowest BCUT2D eigenvalue weighted by Crippen LogP contribution is -2.13. The van der Waals surface area contributed by atoms with Gasteiger partial charge in [-0.3, -0.25) is 10.1 Å². The molecule has 0 atom stereocenters. The zero-order valence-corrected chi connectivity index (χ0v) is 17.2. The summed E-state index contributed by atoms with van der Waals surface area (Å²) < 4.78 is 57.9. The summed E-state index contributed by atoms with van der Waals surface area (Å²) in [6, 6.07) is 10.4. The van der Waals surface area contributed by atoms with Crippen molar-refractivity contribution in [1.82, 2.24) is 9.88 Å². The quantitative estimate of drug-likeness (QED) is 0.269. The maximum Gasteiger partial charge on any atom is 0.388 e. The number of hydrogen-bond donors (Lipinski definition) is 0. The lowest BCUT2D eigenvalue weighted by atomic mass is 9.95. The van der Waals surface area contributed by atoms with Gasteiger partial charge in [0.1, 0.15) is 11.6 Å². The molecular weight excluding hydrogens is 430 g/mol. The van der Waals surface area contributed by atoms with Crippen LogP contribution in [-0.4, -0.2) is 35.5 Å². The van der Waals surface area contributed by atoms with Gasteiger partial charge in [-0.1, -0.05) is 12.1 Å². The van der Waals surface area contributed by atoms with E-state index in [9.17, 15) is 27.7 Å². The number of benzene rings is 2. The van der Waals surface area contributed by atoms with E-state index in [1.165, 1.54) is 36.4 Å². The zero-order valence-electron chi connectivity index (χ0n) is 17.2. The molecule has 2 aromatic carbocycles. The predicted octanol–water partition coefficient (Wildman–Crippen LogP) is 5.19. The van der Waals surface area contributed by atoms with Gasteiger partial charge in [0.15, 0.2) is 0 Å². The number of nitrogens with zero attached hydrogens (tertiary/aromatic N) is 3. The van der Waals surface area contributed by atoms with Gasteiger partial charge >= 0.3 is 6.61 Å². The van der Waals surface area contributed by atoms with E-state index in [1.807, 2.05) is 0 Å². The first kappa shape index (κ1) is 23.1. The molecule has 168 valence electrons. The summed E-state index contributed by atoms with van der Waals surface area (Å²) in [5.41, 5.74) is 0.259. The van der Waals surface area contributed by atoms with Crippen molar-refractivity contribution < 1.29 is 27.2 Å². The van der Waals surface area contributed by atoms with Crippen molar-refractivity contribution in [2.24, 2.45) is 0 Å². The Hall–Kier alpha value is -3.53. The van der Waals surface area contributed by atoms with Crippen molar-refractivity contribution in [1.29, 1.82) is 0 Å². The lowest BCUT2D eigenvalue weighted by molar-refractivity contribution is -0.385. The minimum absolute atomic E-state index is 0.0192. The molecule has 0 aliphatic rings. The normalized spacial score (nSPS) is 11.2. The van der Waals surface area contributed by atoms with Crippen molar-refractivity contribution >= 4 is 5.69 Å². The van der Waals surface area contributed by atoms with Gasteiger partial charge in [0.25, 0.3) is 5.69 Å². The first-order valence-corrected chi connectivity index (χ1v) is 9.45. The Morgan fingerprint density at radius 1 is 1.09 bits per heavy atom. The van der Waals surface area contributed by atoms with Gasteiger partial charge in [-0.25, -0.2) is 13.8 Å². The predicted molar refractivity (Wildman–Crippen MR) is 110 cm³/mol. The van der Waals surface area contributed by atoms with Crippen LogP contribution in [0.1, 0.15) is 16.7 Å². The molecule has 1 aromatic heterocycles. The minimum atomic E-state index is -3.12. The smallest absolute Gasteiger partial charge is 0.388 e. The fourth-order valence-electron chi connectivity index (χ4n) is 3.36. The van der Waals surface area contributed by atoms with Crippen molar-refractivity contribution in [3.63, 3.8) is 0 Å². The Labute approximate surface area is 181 Å². The fourth-order valence-corrected chi connectivity index (χ4v) is 3.36. The molecule has 3 rings (SSSR count). The molecule has 0 spiro atoms. The third kappa shape index (κ3) is 5.38. The molecule has 1 heterocycles. The van der Waals surface area contributed by atoms with Gasteiger partial charge in [-0.2, -0.15) is 8.78 Å². The van der Waals surface area contributed by atoms with E-state index in [0.717, 1.165) is 12.1 Å². The number of rotatable bonds is 8. The number of nitro benzene ring substituents is 1. The van der Waals surface area contributed by atoms with Crippen LogP contribution in [0.4, 0.5) is 23.2 Å². The lowest BCUT2D eigenvalue weighted by Gasteiger charge is -2.15. The fraction of sp³-hybridized carbons (Fsp3) is 0.227. The number of hydrogen-bond acceptors (Lipinski definition) is 5. The second kappa shape index (κ2) is 9.73. The summed E-state index contributed by atoms with van der Waals surface area (Å²) >= 11 is 0. The Kier molecular flexibility index (Phi) is 7.04. The summed E-state index contributed by atoms with van der Waals surface area (Å²) in [5.74, 6) is -1.90. The van der Waals surface area contributed by atoms with E-state index in [0.29, 0.717) is 5.56 Å². The van der Waals surface area contributed by atoms with Crippen molar-refractivity contribution in [3.05, 3.63) is 87.0 Å². The number of aromatic nitrogens is 1.